The minimum absolute atomic E-state index is 0.247. The topological polar surface area (TPSA) is 90.4 Å². The molecule has 0 aliphatic carbocycles. The number of aliphatic hydroxyl groups excluding tert-OH is 1. The molecule has 6 heteroatoms. The maximum Gasteiger partial charge on any atom is 0.307 e. The zero-order chi connectivity index (χ0) is 11.4. The number of esters is 1. The Morgan fingerprint density at radius 3 is 2.87 bits per heavy atom. The van der Waals surface area contributed by atoms with Crippen molar-refractivity contribution in [1.29, 1.82) is 0 Å². The lowest BCUT2D eigenvalue weighted by Gasteiger charge is -2.16. The summed E-state index contributed by atoms with van der Waals surface area (Å²) >= 11 is 0. The van der Waals surface area contributed by atoms with Crippen LogP contribution in [0.15, 0.2) is 6.07 Å². The van der Waals surface area contributed by atoms with Crippen LogP contribution in [0, 0.1) is 6.92 Å². The fourth-order valence-corrected chi connectivity index (χ4v) is 1.17. The van der Waals surface area contributed by atoms with Gasteiger partial charge in [-0.25, -0.2) is 4.68 Å². The predicted octanol–water partition coefficient (Wildman–Crippen LogP) is 0.218. The lowest BCUT2D eigenvalue weighted by Crippen LogP contribution is -2.22. The summed E-state index contributed by atoms with van der Waals surface area (Å²) in [4.78, 5) is 11.1. The molecule has 84 valence electrons. The fourth-order valence-electron chi connectivity index (χ4n) is 1.17. The number of carbonyl (C=O) groups excluding carboxylic acids is 1. The third-order valence-electron chi connectivity index (χ3n) is 1.87. The van der Waals surface area contributed by atoms with E-state index in [1.807, 2.05) is 0 Å². The molecule has 3 N–H and O–H groups in total. The van der Waals surface area contributed by atoms with Gasteiger partial charge in [-0.3, -0.25) is 4.79 Å². The average Bonchev–Trinajstić information content (AvgIpc) is 2.54. The van der Waals surface area contributed by atoms with Gasteiger partial charge in [-0.05, 0) is 6.92 Å². The van der Waals surface area contributed by atoms with Gasteiger partial charge in [0.1, 0.15) is 12.4 Å². The van der Waals surface area contributed by atoms with Gasteiger partial charge in [-0.2, -0.15) is 5.10 Å². The number of ether oxygens (including phenoxy) is 1. The number of carbonyl (C=O) groups is 1. The van der Waals surface area contributed by atoms with Crippen LogP contribution in [0.25, 0.3) is 0 Å². The minimum atomic E-state index is -0.842. The summed E-state index contributed by atoms with van der Waals surface area (Å²) in [6, 6.07) is 1.64. The Morgan fingerprint density at radius 1 is 1.80 bits per heavy atom. The number of hydrogen-bond donors (Lipinski definition) is 2. The maximum atomic E-state index is 11.1. The zero-order valence-corrected chi connectivity index (χ0v) is 8.80. The smallest absolute Gasteiger partial charge is 0.307 e. The molecule has 1 unspecified atom stereocenters. The molecule has 0 saturated carbocycles. The van der Waals surface area contributed by atoms with E-state index >= 15 is 0 Å². The average molecular weight is 213 g/mol. The van der Waals surface area contributed by atoms with Crippen molar-refractivity contribution in [3.63, 3.8) is 0 Å². The summed E-state index contributed by atoms with van der Waals surface area (Å²) in [6.45, 7) is 3.09. The Bertz CT molecular complexity index is 348. The van der Waals surface area contributed by atoms with E-state index < -0.39 is 12.2 Å². The first-order valence-electron chi connectivity index (χ1n) is 4.70. The molecule has 0 spiro atoms. The highest BCUT2D eigenvalue weighted by molar-refractivity contribution is 5.69. The van der Waals surface area contributed by atoms with Crippen LogP contribution in [-0.2, 0) is 9.53 Å². The SMILES string of the molecule is CCC(=O)OC(CO)n1nc(C)cc1N. The van der Waals surface area contributed by atoms with Gasteiger partial charge in [-0.15, -0.1) is 0 Å². The summed E-state index contributed by atoms with van der Waals surface area (Å²) in [7, 11) is 0. The highest BCUT2D eigenvalue weighted by Crippen LogP contribution is 2.15. The van der Waals surface area contributed by atoms with Crippen LogP contribution in [0.3, 0.4) is 0 Å². The van der Waals surface area contributed by atoms with E-state index in [2.05, 4.69) is 5.10 Å². The molecule has 1 atom stereocenters. The highest BCUT2D eigenvalue weighted by Gasteiger charge is 2.17. The zero-order valence-electron chi connectivity index (χ0n) is 8.80. The van der Waals surface area contributed by atoms with Crippen molar-refractivity contribution in [2.75, 3.05) is 12.3 Å². The molecule has 0 amide bonds. The Hall–Kier alpha value is -1.56. The molecule has 0 aliphatic heterocycles. The number of anilines is 1. The van der Waals surface area contributed by atoms with Gasteiger partial charge in [0, 0.05) is 12.5 Å². The molecule has 1 aromatic rings. The van der Waals surface area contributed by atoms with Crippen molar-refractivity contribution in [3.05, 3.63) is 11.8 Å². The third-order valence-corrected chi connectivity index (χ3v) is 1.87. The number of aliphatic hydroxyl groups is 1. The van der Waals surface area contributed by atoms with Crippen molar-refractivity contribution in [2.24, 2.45) is 0 Å². The molecule has 1 heterocycles. The number of aromatic nitrogens is 2. The van der Waals surface area contributed by atoms with Crippen LogP contribution in [0.5, 0.6) is 0 Å². The van der Waals surface area contributed by atoms with Gasteiger partial charge in [0.25, 0.3) is 0 Å². The van der Waals surface area contributed by atoms with E-state index in [4.69, 9.17) is 15.6 Å². The molecule has 0 aromatic carbocycles. The van der Waals surface area contributed by atoms with E-state index in [9.17, 15) is 4.79 Å². The molecule has 0 radical (unpaired) electrons. The van der Waals surface area contributed by atoms with Gasteiger partial charge < -0.3 is 15.6 Å². The molecular weight excluding hydrogens is 198 g/mol. The van der Waals surface area contributed by atoms with Crippen molar-refractivity contribution < 1.29 is 14.6 Å². The number of rotatable bonds is 4. The second-order valence-corrected chi connectivity index (χ2v) is 3.14. The Balaban J connectivity index is 2.82. The number of nitrogen functional groups attached to an aromatic ring is 1. The number of aryl methyl sites for hydroxylation is 1. The molecule has 1 aromatic heterocycles. The largest absolute Gasteiger partial charge is 0.437 e. The van der Waals surface area contributed by atoms with Crippen LogP contribution in [0.2, 0.25) is 0 Å². The first kappa shape index (κ1) is 11.5. The summed E-state index contributed by atoms with van der Waals surface area (Å²) in [5.74, 6) is -0.0444. The summed E-state index contributed by atoms with van der Waals surface area (Å²) in [5.41, 5.74) is 6.34. The number of nitrogens with zero attached hydrogens (tertiary/aromatic N) is 2. The second kappa shape index (κ2) is 4.79. The van der Waals surface area contributed by atoms with E-state index in [0.29, 0.717) is 11.5 Å². The molecule has 6 nitrogen and oxygen atoms in total. The summed E-state index contributed by atoms with van der Waals surface area (Å²) in [5, 5.41) is 13.1. The summed E-state index contributed by atoms with van der Waals surface area (Å²) in [6.07, 6.45) is -0.595. The molecule has 0 bridgehead atoms. The van der Waals surface area contributed by atoms with E-state index in [-0.39, 0.29) is 13.0 Å². The van der Waals surface area contributed by atoms with Crippen LogP contribution in [0.4, 0.5) is 5.82 Å². The first-order chi connectivity index (χ1) is 7.08. The van der Waals surface area contributed by atoms with Gasteiger partial charge in [-0.1, -0.05) is 6.92 Å². The van der Waals surface area contributed by atoms with Gasteiger partial charge in [0.05, 0.1) is 5.69 Å². The molecular formula is C9H15N3O3. The lowest BCUT2D eigenvalue weighted by molar-refractivity contribution is -0.157. The fraction of sp³-hybridized carbons (Fsp3) is 0.556. The standard InChI is InChI=1S/C9H15N3O3/c1-3-9(14)15-8(5-13)12-7(10)4-6(2)11-12/h4,8,13H,3,5,10H2,1-2H3. The Kier molecular flexibility index (Phi) is 3.68. The third kappa shape index (κ3) is 2.69. The molecule has 1 rings (SSSR count). The second-order valence-electron chi connectivity index (χ2n) is 3.14. The van der Waals surface area contributed by atoms with Crippen LogP contribution < -0.4 is 5.73 Å². The molecule has 15 heavy (non-hydrogen) atoms. The first-order valence-corrected chi connectivity index (χ1v) is 4.70. The van der Waals surface area contributed by atoms with Gasteiger partial charge >= 0.3 is 5.97 Å². The van der Waals surface area contributed by atoms with E-state index in [0.717, 1.165) is 0 Å². The molecule has 0 aliphatic rings. The molecule has 0 saturated heterocycles. The van der Waals surface area contributed by atoms with E-state index in [1.54, 1.807) is 19.9 Å². The summed E-state index contributed by atoms with van der Waals surface area (Å²) < 4.78 is 6.26. The number of nitrogens with two attached hydrogens (primary N) is 1. The van der Waals surface area contributed by atoms with Crippen molar-refractivity contribution in [3.8, 4) is 0 Å². The molecule has 0 fully saturated rings. The number of hydrogen-bond acceptors (Lipinski definition) is 5. The van der Waals surface area contributed by atoms with Crippen molar-refractivity contribution >= 4 is 11.8 Å². The highest BCUT2D eigenvalue weighted by atomic mass is 16.6. The lowest BCUT2D eigenvalue weighted by atomic mass is 10.5. The van der Waals surface area contributed by atoms with Crippen molar-refractivity contribution in [2.45, 2.75) is 26.5 Å². The van der Waals surface area contributed by atoms with Crippen LogP contribution in [0.1, 0.15) is 25.3 Å². The minimum Gasteiger partial charge on any atom is -0.437 e. The monoisotopic (exact) mass is 213 g/mol. The van der Waals surface area contributed by atoms with Crippen LogP contribution >= 0.6 is 0 Å². The van der Waals surface area contributed by atoms with Crippen LogP contribution in [-0.4, -0.2) is 27.5 Å². The Morgan fingerprint density at radius 2 is 2.47 bits per heavy atom. The normalized spacial score (nSPS) is 12.5. The quantitative estimate of drug-likeness (QED) is 0.698. The Labute approximate surface area is 87.6 Å². The van der Waals surface area contributed by atoms with Crippen molar-refractivity contribution in [1.82, 2.24) is 9.78 Å². The van der Waals surface area contributed by atoms with Gasteiger partial charge in [0.15, 0.2) is 0 Å². The maximum absolute atomic E-state index is 11.1. The van der Waals surface area contributed by atoms with Gasteiger partial charge in [0.2, 0.25) is 6.23 Å². The van der Waals surface area contributed by atoms with E-state index in [1.165, 1.54) is 4.68 Å². The predicted molar refractivity (Wildman–Crippen MR) is 53.9 cm³/mol.